The molecular formula is C14H15N3O. The summed E-state index contributed by atoms with van der Waals surface area (Å²) in [6, 6.07) is 9.80. The van der Waals surface area contributed by atoms with Gasteiger partial charge in [0, 0.05) is 30.2 Å². The number of aliphatic hydroxyl groups is 1. The summed E-state index contributed by atoms with van der Waals surface area (Å²) in [5, 5.41) is 9.99. The largest absolute Gasteiger partial charge is 0.388 e. The van der Waals surface area contributed by atoms with Gasteiger partial charge in [-0.2, -0.15) is 0 Å². The molecule has 1 aromatic heterocycles. The van der Waals surface area contributed by atoms with Crippen molar-refractivity contribution in [1.29, 1.82) is 0 Å². The van der Waals surface area contributed by atoms with Crippen molar-refractivity contribution in [3.63, 3.8) is 0 Å². The van der Waals surface area contributed by atoms with E-state index >= 15 is 0 Å². The molecule has 1 aliphatic heterocycles. The summed E-state index contributed by atoms with van der Waals surface area (Å²) in [4.78, 5) is 10.7. The van der Waals surface area contributed by atoms with E-state index < -0.39 is 0 Å². The molecule has 92 valence electrons. The Bertz CT molecular complexity index is 530. The molecule has 2 aromatic rings. The minimum Gasteiger partial charge on any atom is -0.388 e. The molecule has 0 bridgehead atoms. The van der Waals surface area contributed by atoms with Crippen molar-refractivity contribution >= 4 is 5.69 Å². The van der Waals surface area contributed by atoms with Crippen LogP contribution in [0.5, 0.6) is 0 Å². The first kappa shape index (κ1) is 11.2. The van der Waals surface area contributed by atoms with Crippen LogP contribution in [0.4, 0.5) is 5.69 Å². The second kappa shape index (κ2) is 4.74. The van der Waals surface area contributed by atoms with E-state index in [1.54, 1.807) is 12.4 Å². The molecule has 1 aliphatic rings. The number of para-hydroxylation sites is 1. The van der Waals surface area contributed by atoms with E-state index in [2.05, 4.69) is 14.9 Å². The van der Waals surface area contributed by atoms with Crippen LogP contribution in [0, 0.1) is 0 Å². The third-order valence-corrected chi connectivity index (χ3v) is 3.26. The van der Waals surface area contributed by atoms with Gasteiger partial charge < -0.3 is 10.0 Å². The number of hydrogen-bond acceptors (Lipinski definition) is 4. The number of nitrogens with zero attached hydrogens (tertiary/aromatic N) is 3. The molecule has 4 heteroatoms. The molecule has 0 radical (unpaired) electrons. The Labute approximate surface area is 106 Å². The first-order chi connectivity index (χ1) is 8.84. The zero-order valence-corrected chi connectivity index (χ0v) is 10.0. The molecule has 0 fully saturated rings. The topological polar surface area (TPSA) is 49.2 Å². The molecule has 3 rings (SSSR count). The van der Waals surface area contributed by atoms with E-state index in [9.17, 15) is 5.11 Å². The Balaban J connectivity index is 1.89. The van der Waals surface area contributed by atoms with E-state index in [0.29, 0.717) is 6.54 Å². The summed E-state index contributed by atoms with van der Waals surface area (Å²) in [5.41, 5.74) is 2.09. The summed E-state index contributed by atoms with van der Waals surface area (Å²) in [7, 11) is 0. The first-order valence-electron chi connectivity index (χ1n) is 6.12. The quantitative estimate of drug-likeness (QED) is 0.872. The Hall–Kier alpha value is -1.94. The van der Waals surface area contributed by atoms with Gasteiger partial charge in [-0.15, -0.1) is 0 Å². The minimum atomic E-state index is -0.353. The highest BCUT2D eigenvalue weighted by molar-refractivity contribution is 5.56. The van der Waals surface area contributed by atoms with Crippen LogP contribution in [0.3, 0.4) is 0 Å². The maximum atomic E-state index is 9.99. The second-order valence-electron chi connectivity index (χ2n) is 4.45. The number of rotatable bonds is 2. The van der Waals surface area contributed by atoms with Gasteiger partial charge in [-0.05, 0) is 18.6 Å². The normalized spacial score (nSPS) is 18.5. The van der Waals surface area contributed by atoms with Crippen LogP contribution in [0.2, 0.25) is 0 Å². The van der Waals surface area contributed by atoms with Crippen LogP contribution in [-0.4, -0.2) is 21.6 Å². The summed E-state index contributed by atoms with van der Waals surface area (Å²) in [5.74, 6) is 0.809. The summed E-state index contributed by atoms with van der Waals surface area (Å²) in [6.07, 6.45) is 3.92. The van der Waals surface area contributed by atoms with Crippen molar-refractivity contribution in [2.45, 2.75) is 19.1 Å². The average molecular weight is 241 g/mol. The molecule has 0 saturated carbocycles. The smallest absolute Gasteiger partial charge is 0.147 e. The predicted molar refractivity (Wildman–Crippen MR) is 69.1 cm³/mol. The van der Waals surface area contributed by atoms with E-state index in [-0.39, 0.29) is 6.10 Å². The predicted octanol–water partition coefficient (Wildman–Crippen LogP) is 1.92. The third kappa shape index (κ3) is 2.07. The van der Waals surface area contributed by atoms with Crippen LogP contribution in [0.25, 0.3) is 0 Å². The summed E-state index contributed by atoms with van der Waals surface area (Å²) >= 11 is 0. The lowest BCUT2D eigenvalue weighted by molar-refractivity contribution is 0.164. The summed E-state index contributed by atoms with van der Waals surface area (Å²) < 4.78 is 0. The first-order valence-corrected chi connectivity index (χ1v) is 6.12. The number of aliphatic hydroxyl groups excluding tert-OH is 1. The average Bonchev–Trinajstić information content (AvgIpc) is 2.44. The van der Waals surface area contributed by atoms with Crippen LogP contribution >= 0.6 is 0 Å². The molecule has 0 amide bonds. The van der Waals surface area contributed by atoms with Crippen LogP contribution in [0.1, 0.15) is 23.9 Å². The zero-order chi connectivity index (χ0) is 12.4. The molecule has 0 aliphatic carbocycles. The van der Waals surface area contributed by atoms with E-state index in [1.165, 1.54) is 0 Å². The Kier molecular flexibility index (Phi) is 2.94. The number of fused-ring (bicyclic) bond motifs is 1. The molecule has 18 heavy (non-hydrogen) atoms. The van der Waals surface area contributed by atoms with Gasteiger partial charge in [0.1, 0.15) is 5.82 Å². The molecule has 0 spiro atoms. The molecule has 1 atom stereocenters. The Morgan fingerprint density at radius 1 is 1.17 bits per heavy atom. The summed E-state index contributed by atoms with van der Waals surface area (Å²) in [6.45, 7) is 1.51. The standard InChI is InChI=1S/C14H15N3O/c18-13-6-9-17(10-14-15-7-3-8-16-14)12-5-2-1-4-11(12)13/h1-5,7-8,13,18H,6,9-10H2. The number of hydrogen-bond donors (Lipinski definition) is 1. The maximum absolute atomic E-state index is 9.99. The third-order valence-electron chi connectivity index (χ3n) is 3.26. The second-order valence-corrected chi connectivity index (χ2v) is 4.45. The fourth-order valence-corrected chi connectivity index (χ4v) is 2.36. The minimum absolute atomic E-state index is 0.353. The molecule has 1 aromatic carbocycles. The van der Waals surface area contributed by atoms with E-state index in [1.807, 2.05) is 30.3 Å². The lowest BCUT2D eigenvalue weighted by Gasteiger charge is -2.33. The molecule has 4 nitrogen and oxygen atoms in total. The van der Waals surface area contributed by atoms with Gasteiger partial charge >= 0.3 is 0 Å². The monoisotopic (exact) mass is 241 g/mol. The highest BCUT2D eigenvalue weighted by Gasteiger charge is 2.23. The van der Waals surface area contributed by atoms with Crippen LogP contribution in [-0.2, 0) is 6.54 Å². The van der Waals surface area contributed by atoms with Crippen molar-refractivity contribution in [3.8, 4) is 0 Å². The lowest BCUT2D eigenvalue weighted by atomic mass is 9.99. The van der Waals surface area contributed by atoms with Crippen LogP contribution in [0.15, 0.2) is 42.7 Å². The number of aromatic nitrogens is 2. The molecule has 1 unspecified atom stereocenters. The van der Waals surface area contributed by atoms with Crippen molar-refractivity contribution in [1.82, 2.24) is 9.97 Å². The fraction of sp³-hybridized carbons (Fsp3) is 0.286. The number of benzene rings is 1. The molecule has 1 N–H and O–H groups in total. The van der Waals surface area contributed by atoms with E-state index in [4.69, 9.17) is 0 Å². The van der Waals surface area contributed by atoms with Gasteiger partial charge in [0.15, 0.2) is 0 Å². The number of anilines is 1. The van der Waals surface area contributed by atoms with Crippen molar-refractivity contribution in [2.24, 2.45) is 0 Å². The molecule has 2 heterocycles. The Morgan fingerprint density at radius 2 is 1.94 bits per heavy atom. The van der Waals surface area contributed by atoms with Gasteiger partial charge in [0.2, 0.25) is 0 Å². The zero-order valence-electron chi connectivity index (χ0n) is 10.0. The maximum Gasteiger partial charge on any atom is 0.147 e. The van der Waals surface area contributed by atoms with Gasteiger partial charge in [-0.3, -0.25) is 0 Å². The van der Waals surface area contributed by atoms with Crippen molar-refractivity contribution in [3.05, 3.63) is 54.1 Å². The highest BCUT2D eigenvalue weighted by atomic mass is 16.3. The fourth-order valence-electron chi connectivity index (χ4n) is 2.36. The lowest BCUT2D eigenvalue weighted by Crippen LogP contribution is -2.31. The van der Waals surface area contributed by atoms with E-state index in [0.717, 1.165) is 30.0 Å². The molecular weight excluding hydrogens is 226 g/mol. The van der Waals surface area contributed by atoms with Crippen LogP contribution < -0.4 is 4.90 Å². The van der Waals surface area contributed by atoms with Crippen molar-refractivity contribution < 1.29 is 5.11 Å². The van der Waals surface area contributed by atoms with Crippen molar-refractivity contribution in [2.75, 3.05) is 11.4 Å². The van der Waals surface area contributed by atoms with Gasteiger partial charge in [-0.25, -0.2) is 9.97 Å². The Morgan fingerprint density at radius 3 is 2.78 bits per heavy atom. The van der Waals surface area contributed by atoms with Gasteiger partial charge in [-0.1, -0.05) is 18.2 Å². The molecule has 0 saturated heterocycles. The highest BCUT2D eigenvalue weighted by Crippen LogP contribution is 2.33. The van der Waals surface area contributed by atoms with Gasteiger partial charge in [0.25, 0.3) is 0 Å². The SMILES string of the molecule is OC1CCN(Cc2ncccn2)c2ccccc21. The van der Waals surface area contributed by atoms with Gasteiger partial charge in [0.05, 0.1) is 12.6 Å².